The van der Waals surface area contributed by atoms with Gasteiger partial charge in [0.15, 0.2) is 0 Å². The molecule has 3 heteroatoms. The minimum Gasteiger partial charge on any atom is -0.469 e. The van der Waals surface area contributed by atoms with Crippen LogP contribution in [0.1, 0.15) is 42.0 Å². The fourth-order valence-corrected chi connectivity index (χ4v) is 2.54. The van der Waals surface area contributed by atoms with E-state index in [-0.39, 0.29) is 5.97 Å². The van der Waals surface area contributed by atoms with Gasteiger partial charge in [-0.05, 0) is 43.9 Å². The Balaban J connectivity index is 1.82. The first kappa shape index (κ1) is 13.1. The fraction of sp³-hybridized carbons (Fsp3) is 0.533. The molecule has 1 aromatic carbocycles. The average molecular weight is 247 g/mol. The lowest BCUT2D eigenvalue weighted by Crippen LogP contribution is -2.21. The molecule has 0 aliphatic heterocycles. The molecular formula is C15H21NO2. The summed E-state index contributed by atoms with van der Waals surface area (Å²) in [6, 6.07) is 7.15. The number of benzene rings is 1. The van der Waals surface area contributed by atoms with E-state index in [9.17, 15) is 4.79 Å². The van der Waals surface area contributed by atoms with Gasteiger partial charge in [0, 0.05) is 12.5 Å². The number of carbonyl (C=O) groups is 1. The zero-order valence-corrected chi connectivity index (χ0v) is 11.2. The molecule has 0 fully saturated rings. The molecular weight excluding hydrogens is 226 g/mol. The Kier molecular flexibility index (Phi) is 4.37. The predicted octanol–water partition coefficient (Wildman–Crippen LogP) is 2.53. The van der Waals surface area contributed by atoms with E-state index in [0.717, 1.165) is 25.8 Å². The third kappa shape index (κ3) is 3.10. The van der Waals surface area contributed by atoms with Gasteiger partial charge in [-0.3, -0.25) is 4.79 Å². The molecule has 18 heavy (non-hydrogen) atoms. The second kappa shape index (κ2) is 6.01. The maximum absolute atomic E-state index is 11.0. The Morgan fingerprint density at radius 2 is 2.33 bits per heavy atom. The van der Waals surface area contributed by atoms with Crippen LogP contribution in [0.25, 0.3) is 0 Å². The van der Waals surface area contributed by atoms with Crippen molar-refractivity contribution in [1.82, 2.24) is 5.32 Å². The number of aryl methyl sites for hydroxylation is 2. The van der Waals surface area contributed by atoms with Crippen LogP contribution in [0.5, 0.6) is 0 Å². The van der Waals surface area contributed by atoms with Gasteiger partial charge in [0.1, 0.15) is 0 Å². The molecule has 1 aliphatic rings. The van der Waals surface area contributed by atoms with Gasteiger partial charge >= 0.3 is 5.97 Å². The summed E-state index contributed by atoms with van der Waals surface area (Å²) in [7, 11) is 1.44. The van der Waals surface area contributed by atoms with Crippen LogP contribution in [-0.2, 0) is 16.0 Å². The number of hydrogen-bond donors (Lipinski definition) is 1. The molecule has 0 saturated heterocycles. The van der Waals surface area contributed by atoms with Gasteiger partial charge in [0.2, 0.25) is 0 Å². The van der Waals surface area contributed by atoms with Crippen molar-refractivity contribution in [2.75, 3.05) is 13.7 Å². The minimum atomic E-state index is -0.125. The van der Waals surface area contributed by atoms with E-state index in [2.05, 4.69) is 35.2 Å². The Labute approximate surface area is 109 Å². The van der Waals surface area contributed by atoms with Gasteiger partial charge in [-0.1, -0.05) is 23.8 Å². The predicted molar refractivity (Wildman–Crippen MR) is 71.5 cm³/mol. The first-order valence-electron chi connectivity index (χ1n) is 6.60. The SMILES string of the molecule is COC(=O)CCCNC1CCc2ccc(C)cc21. The molecule has 1 unspecified atom stereocenters. The van der Waals surface area contributed by atoms with Crippen molar-refractivity contribution in [1.29, 1.82) is 0 Å². The highest BCUT2D eigenvalue weighted by atomic mass is 16.5. The lowest BCUT2D eigenvalue weighted by atomic mass is 10.0. The number of hydrogen-bond acceptors (Lipinski definition) is 3. The lowest BCUT2D eigenvalue weighted by Gasteiger charge is -2.14. The summed E-state index contributed by atoms with van der Waals surface area (Å²) in [5, 5.41) is 3.54. The molecule has 0 amide bonds. The molecule has 1 aliphatic carbocycles. The summed E-state index contributed by atoms with van der Waals surface area (Å²) in [5.74, 6) is -0.125. The molecule has 0 bridgehead atoms. The first-order chi connectivity index (χ1) is 8.70. The third-order valence-corrected chi connectivity index (χ3v) is 3.56. The monoisotopic (exact) mass is 247 g/mol. The summed E-state index contributed by atoms with van der Waals surface area (Å²) in [4.78, 5) is 11.0. The van der Waals surface area contributed by atoms with Crippen molar-refractivity contribution in [2.24, 2.45) is 0 Å². The highest BCUT2D eigenvalue weighted by Gasteiger charge is 2.21. The Bertz CT molecular complexity index is 429. The quantitative estimate of drug-likeness (QED) is 0.642. The molecule has 2 rings (SSSR count). The molecule has 0 heterocycles. The van der Waals surface area contributed by atoms with Crippen LogP contribution in [0.4, 0.5) is 0 Å². The fourth-order valence-electron chi connectivity index (χ4n) is 2.54. The van der Waals surface area contributed by atoms with Crippen molar-refractivity contribution in [3.8, 4) is 0 Å². The van der Waals surface area contributed by atoms with E-state index in [0.29, 0.717) is 12.5 Å². The normalized spacial score (nSPS) is 17.6. The van der Waals surface area contributed by atoms with Crippen molar-refractivity contribution < 1.29 is 9.53 Å². The van der Waals surface area contributed by atoms with Crippen LogP contribution in [0.3, 0.4) is 0 Å². The van der Waals surface area contributed by atoms with Gasteiger partial charge < -0.3 is 10.1 Å². The smallest absolute Gasteiger partial charge is 0.305 e. The van der Waals surface area contributed by atoms with Crippen LogP contribution in [0.2, 0.25) is 0 Å². The standard InChI is InChI=1S/C15H21NO2/c1-11-5-6-12-7-8-14(13(12)10-11)16-9-3-4-15(17)18-2/h5-6,10,14,16H,3-4,7-9H2,1-2H3. The Morgan fingerprint density at radius 3 is 3.11 bits per heavy atom. The molecule has 98 valence electrons. The number of rotatable bonds is 5. The van der Waals surface area contributed by atoms with Gasteiger partial charge in [-0.2, -0.15) is 0 Å². The van der Waals surface area contributed by atoms with Crippen LogP contribution < -0.4 is 5.32 Å². The minimum absolute atomic E-state index is 0.125. The zero-order chi connectivity index (χ0) is 13.0. The molecule has 1 aromatic rings. The maximum atomic E-state index is 11.0. The first-order valence-corrected chi connectivity index (χ1v) is 6.60. The van der Waals surface area contributed by atoms with Gasteiger partial charge in [-0.15, -0.1) is 0 Å². The lowest BCUT2D eigenvalue weighted by molar-refractivity contribution is -0.140. The average Bonchev–Trinajstić information content (AvgIpc) is 2.77. The molecule has 3 nitrogen and oxygen atoms in total. The van der Waals surface area contributed by atoms with Gasteiger partial charge in [-0.25, -0.2) is 0 Å². The molecule has 1 atom stereocenters. The number of ether oxygens (including phenoxy) is 1. The van der Waals surface area contributed by atoms with E-state index in [4.69, 9.17) is 0 Å². The van der Waals surface area contributed by atoms with Gasteiger partial charge in [0.25, 0.3) is 0 Å². The van der Waals surface area contributed by atoms with Crippen LogP contribution >= 0.6 is 0 Å². The van der Waals surface area contributed by atoms with E-state index < -0.39 is 0 Å². The van der Waals surface area contributed by atoms with Crippen molar-refractivity contribution in [3.63, 3.8) is 0 Å². The molecule has 0 aromatic heterocycles. The number of methoxy groups -OCH3 is 1. The number of nitrogens with one attached hydrogen (secondary N) is 1. The highest BCUT2D eigenvalue weighted by molar-refractivity contribution is 5.69. The van der Waals surface area contributed by atoms with Gasteiger partial charge in [0.05, 0.1) is 7.11 Å². The topological polar surface area (TPSA) is 38.3 Å². The molecule has 0 spiro atoms. The summed E-state index contributed by atoms with van der Waals surface area (Å²) in [5.41, 5.74) is 4.22. The number of esters is 1. The van der Waals surface area contributed by atoms with E-state index >= 15 is 0 Å². The molecule has 0 saturated carbocycles. The second-order valence-corrected chi connectivity index (χ2v) is 4.93. The van der Waals surface area contributed by atoms with Crippen molar-refractivity contribution in [2.45, 2.75) is 38.6 Å². The summed E-state index contributed by atoms with van der Waals surface area (Å²) < 4.78 is 4.63. The van der Waals surface area contributed by atoms with E-state index in [1.807, 2.05) is 0 Å². The third-order valence-electron chi connectivity index (χ3n) is 3.56. The maximum Gasteiger partial charge on any atom is 0.305 e. The van der Waals surface area contributed by atoms with E-state index in [1.165, 1.54) is 23.8 Å². The summed E-state index contributed by atoms with van der Waals surface area (Å²) in [6.07, 6.45) is 3.66. The Morgan fingerprint density at radius 1 is 1.50 bits per heavy atom. The largest absolute Gasteiger partial charge is 0.469 e. The summed E-state index contributed by atoms with van der Waals surface area (Å²) in [6.45, 7) is 3.00. The summed E-state index contributed by atoms with van der Waals surface area (Å²) >= 11 is 0. The second-order valence-electron chi connectivity index (χ2n) is 4.93. The Hall–Kier alpha value is -1.35. The van der Waals surface area contributed by atoms with Crippen LogP contribution in [-0.4, -0.2) is 19.6 Å². The van der Waals surface area contributed by atoms with Crippen LogP contribution in [0.15, 0.2) is 18.2 Å². The van der Waals surface area contributed by atoms with Crippen molar-refractivity contribution >= 4 is 5.97 Å². The number of fused-ring (bicyclic) bond motifs is 1. The van der Waals surface area contributed by atoms with E-state index in [1.54, 1.807) is 0 Å². The highest BCUT2D eigenvalue weighted by Crippen LogP contribution is 2.31. The number of carbonyl (C=O) groups excluding carboxylic acids is 1. The molecule has 0 radical (unpaired) electrons. The van der Waals surface area contributed by atoms with Crippen molar-refractivity contribution in [3.05, 3.63) is 34.9 Å². The zero-order valence-electron chi connectivity index (χ0n) is 11.2. The van der Waals surface area contributed by atoms with Crippen LogP contribution in [0, 0.1) is 6.92 Å². The molecule has 1 N–H and O–H groups in total.